The topological polar surface area (TPSA) is 70.7 Å². The van der Waals surface area contributed by atoms with E-state index in [2.05, 4.69) is 10.8 Å². The van der Waals surface area contributed by atoms with E-state index in [-0.39, 0.29) is 19.1 Å². The Morgan fingerprint density at radius 3 is 2.52 bits per heavy atom. The van der Waals surface area contributed by atoms with Gasteiger partial charge in [-0.15, -0.1) is 0 Å². The molecule has 0 spiro atoms. The number of likely N-dealkylation sites (tertiary alicyclic amines) is 1. The summed E-state index contributed by atoms with van der Waals surface area (Å²) in [5.41, 5.74) is 3.23. The minimum atomic E-state index is -0.503. The van der Waals surface area contributed by atoms with Gasteiger partial charge in [-0.2, -0.15) is 0 Å². The molecule has 0 bridgehead atoms. The molecule has 21 heavy (non-hydrogen) atoms. The lowest BCUT2D eigenvalue weighted by molar-refractivity contribution is -0.130. The van der Waals surface area contributed by atoms with Crippen LogP contribution in [0.4, 0.5) is 4.79 Å². The van der Waals surface area contributed by atoms with Gasteiger partial charge < -0.3 is 10.2 Å². The smallest absolute Gasteiger partial charge is 0.339 e. The van der Waals surface area contributed by atoms with E-state index in [9.17, 15) is 9.59 Å². The molecule has 6 nitrogen and oxygen atoms in total. The zero-order valence-electron chi connectivity index (χ0n) is 12.0. The molecule has 1 aromatic carbocycles. The van der Waals surface area contributed by atoms with Gasteiger partial charge in [-0.1, -0.05) is 30.3 Å². The fraction of sp³-hybridized carbons (Fsp3) is 0.467. The molecule has 1 fully saturated rings. The summed E-state index contributed by atoms with van der Waals surface area (Å²) in [7, 11) is 0. The molecule has 2 rings (SSSR count). The highest BCUT2D eigenvalue weighted by molar-refractivity contribution is 5.83. The largest absolute Gasteiger partial charge is 0.341 e. The van der Waals surface area contributed by atoms with Crippen molar-refractivity contribution in [2.24, 2.45) is 0 Å². The number of hydroxylamine groups is 1. The minimum Gasteiger partial charge on any atom is -0.341 e. The van der Waals surface area contributed by atoms with Crippen molar-refractivity contribution in [3.8, 4) is 0 Å². The molecule has 3 amide bonds. The lowest BCUT2D eigenvalue weighted by atomic mass is 10.1. The van der Waals surface area contributed by atoms with Crippen LogP contribution in [-0.2, 0) is 16.2 Å². The number of piperidine rings is 1. The molecule has 0 saturated carbocycles. The van der Waals surface area contributed by atoms with Gasteiger partial charge in [-0.3, -0.25) is 9.63 Å². The van der Waals surface area contributed by atoms with Crippen LogP contribution >= 0.6 is 0 Å². The van der Waals surface area contributed by atoms with E-state index < -0.39 is 6.03 Å². The molecule has 1 heterocycles. The van der Waals surface area contributed by atoms with Crippen molar-refractivity contribution < 1.29 is 14.4 Å². The van der Waals surface area contributed by atoms with Crippen molar-refractivity contribution in [2.75, 3.05) is 19.6 Å². The highest BCUT2D eigenvalue weighted by atomic mass is 16.7. The molecular weight excluding hydrogens is 270 g/mol. The van der Waals surface area contributed by atoms with E-state index in [1.54, 1.807) is 4.90 Å². The van der Waals surface area contributed by atoms with Crippen LogP contribution in [0.3, 0.4) is 0 Å². The second-order valence-electron chi connectivity index (χ2n) is 5.00. The van der Waals surface area contributed by atoms with E-state index in [1.807, 2.05) is 30.3 Å². The second kappa shape index (κ2) is 8.26. The summed E-state index contributed by atoms with van der Waals surface area (Å²) < 4.78 is 0. The van der Waals surface area contributed by atoms with Crippen LogP contribution in [-0.4, -0.2) is 36.5 Å². The summed E-state index contributed by atoms with van der Waals surface area (Å²) in [6.45, 7) is 1.86. The first kappa shape index (κ1) is 15.3. The summed E-state index contributed by atoms with van der Waals surface area (Å²) in [4.78, 5) is 30.2. The zero-order valence-corrected chi connectivity index (χ0v) is 12.0. The predicted octanol–water partition coefficient (Wildman–Crippen LogP) is 1.43. The predicted molar refractivity (Wildman–Crippen MR) is 78.2 cm³/mol. The summed E-state index contributed by atoms with van der Waals surface area (Å²) in [6, 6.07) is 9.01. The maximum atomic E-state index is 11.8. The summed E-state index contributed by atoms with van der Waals surface area (Å²) >= 11 is 0. The Kier molecular flexibility index (Phi) is 6.02. The zero-order chi connectivity index (χ0) is 14.9. The van der Waals surface area contributed by atoms with Crippen LogP contribution in [0.5, 0.6) is 0 Å². The lowest BCUT2D eigenvalue weighted by Gasteiger charge is -2.26. The number of amides is 3. The van der Waals surface area contributed by atoms with Crippen LogP contribution in [0.15, 0.2) is 30.3 Å². The van der Waals surface area contributed by atoms with Crippen LogP contribution in [0.1, 0.15) is 24.8 Å². The Morgan fingerprint density at radius 2 is 1.81 bits per heavy atom. The molecule has 6 heteroatoms. The number of carbonyl (C=O) groups is 2. The maximum Gasteiger partial charge on any atom is 0.339 e. The maximum absolute atomic E-state index is 11.8. The number of carbonyl (C=O) groups excluding carboxylic acids is 2. The van der Waals surface area contributed by atoms with Gasteiger partial charge in [-0.05, 0) is 24.8 Å². The van der Waals surface area contributed by atoms with Crippen molar-refractivity contribution >= 4 is 11.9 Å². The average molecular weight is 291 g/mol. The number of urea groups is 1. The molecule has 0 unspecified atom stereocenters. The standard InChI is InChI=1S/C15H21N3O3/c19-14(18-9-5-2-6-10-18)11-16-15(20)17-21-12-13-7-3-1-4-8-13/h1,3-4,7-8H,2,5-6,9-12H2,(H2,16,17,20). The first-order valence-corrected chi connectivity index (χ1v) is 7.23. The van der Waals surface area contributed by atoms with E-state index in [0.717, 1.165) is 31.5 Å². The number of benzene rings is 1. The first-order valence-electron chi connectivity index (χ1n) is 7.23. The number of rotatable bonds is 5. The average Bonchev–Trinajstić information content (AvgIpc) is 2.54. The molecule has 2 N–H and O–H groups in total. The first-order chi connectivity index (χ1) is 10.3. The van der Waals surface area contributed by atoms with Crippen molar-refractivity contribution in [3.63, 3.8) is 0 Å². The van der Waals surface area contributed by atoms with Crippen LogP contribution in [0, 0.1) is 0 Å². The van der Waals surface area contributed by atoms with Gasteiger partial charge in [0.15, 0.2) is 0 Å². The summed E-state index contributed by atoms with van der Waals surface area (Å²) in [6.07, 6.45) is 3.25. The van der Waals surface area contributed by atoms with Gasteiger partial charge in [0.05, 0.1) is 13.2 Å². The Bertz CT molecular complexity index is 458. The van der Waals surface area contributed by atoms with E-state index in [1.165, 1.54) is 6.42 Å². The molecule has 0 aliphatic carbocycles. The van der Waals surface area contributed by atoms with E-state index in [0.29, 0.717) is 0 Å². The van der Waals surface area contributed by atoms with Gasteiger partial charge in [-0.25, -0.2) is 10.3 Å². The Hall–Kier alpha value is -2.08. The Morgan fingerprint density at radius 1 is 1.10 bits per heavy atom. The summed E-state index contributed by atoms with van der Waals surface area (Å²) in [5, 5.41) is 2.50. The van der Waals surface area contributed by atoms with Crippen LogP contribution in [0.25, 0.3) is 0 Å². The molecule has 0 radical (unpaired) electrons. The van der Waals surface area contributed by atoms with E-state index in [4.69, 9.17) is 4.84 Å². The molecule has 114 valence electrons. The van der Waals surface area contributed by atoms with Crippen LogP contribution in [0.2, 0.25) is 0 Å². The molecule has 1 saturated heterocycles. The Balaban J connectivity index is 1.60. The molecule has 1 aromatic rings. The number of hydrogen-bond acceptors (Lipinski definition) is 3. The monoisotopic (exact) mass is 291 g/mol. The van der Waals surface area contributed by atoms with Gasteiger partial charge in [0.25, 0.3) is 0 Å². The van der Waals surface area contributed by atoms with E-state index >= 15 is 0 Å². The van der Waals surface area contributed by atoms with Crippen LogP contribution < -0.4 is 10.8 Å². The van der Waals surface area contributed by atoms with Gasteiger partial charge in [0.2, 0.25) is 5.91 Å². The third kappa shape index (κ3) is 5.43. The number of nitrogens with one attached hydrogen (secondary N) is 2. The molecular formula is C15H21N3O3. The quantitative estimate of drug-likeness (QED) is 0.806. The normalized spacial score (nSPS) is 14.6. The van der Waals surface area contributed by atoms with Gasteiger partial charge in [0.1, 0.15) is 0 Å². The molecule has 1 aliphatic rings. The Labute approximate surface area is 124 Å². The lowest BCUT2D eigenvalue weighted by Crippen LogP contribution is -2.45. The summed E-state index contributed by atoms with van der Waals surface area (Å²) in [5.74, 6) is -0.0482. The fourth-order valence-corrected chi connectivity index (χ4v) is 2.21. The van der Waals surface area contributed by atoms with Gasteiger partial charge >= 0.3 is 6.03 Å². The van der Waals surface area contributed by atoms with Crippen molar-refractivity contribution in [3.05, 3.63) is 35.9 Å². The molecule has 1 aliphatic heterocycles. The fourth-order valence-electron chi connectivity index (χ4n) is 2.21. The SMILES string of the molecule is O=C(NCC(=O)N1CCCCC1)NOCc1ccccc1. The second-order valence-corrected chi connectivity index (χ2v) is 5.00. The third-order valence-corrected chi connectivity index (χ3v) is 3.36. The van der Waals surface area contributed by atoms with Crippen molar-refractivity contribution in [1.82, 2.24) is 15.7 Å². The molecule has 0 aromatic heterocycles. The van der Waals surface area contributed by atoms with Crippen molar-refractivity contribution in [2.45, 2.75) is 25.9 Å². The van der Waals surface area contributed by atoms with Crippen molar-refractivity contribution in [1.29, 1.82) is 0 Å². The number of nitrogens with zero attached hydrogens (tertiary/aromatic N) is 1. The number of hydrogen-bond donors (Lipinski definition) is 2. The third-order valence-electron chi connectivity index (χ3n) is 3.36. The highest BCUT2D eigenvalue weighted by Crippen LogP contribution is 2.08. The minimum absolute atomic E-state index is 0.000526. The van der Waals surface area contributed by atoms with Gasteiger partial charge in [0, 0.05) is 13.1 Å². The highest BCUT2D eigenvalue weighted by Gasteiger charge is 2.16. The molecule has 0 atom stereocenters.